The topological polar surface area (TPSA) is 137 Å². The summed E-state index contributed by atoms with van der Waals surface area (Å²) in [5.74, 6) is 3.61. The number of quaternary nitrogens is 1. The summed E-state index contributed by atoms with van der Waals surface area (Å²) in [5, 5.41) is 16.7. The molecule has 0 saturated carbocycles. The number of benzene rings is 1. The molecule has 41 heavy (non-hydrogen) atoms. The van der Waals surface area contributed by atoms with E-state index in [0.717, 1.165) is 24.9 Å². The van der Waals surface area contributed by atoms with E-state index in [0.29, 0.717) is 46.4 Å². The zero-order valence-corrected chi connectivity index (χ0v) is 24.4. The molecule has 3 aliphatic rings. The van der Waals surface area contributed by atoms with Crippen LogP contribution in [0.15, 0.2) is 53.8 Å². The number of hydrogen-bond donors (Lipinski definition) is 4. The van der Waals surface area contributed by atoms with Crippen molar-refractivity contribution in [3.63, 3.8) is 0 Å². The molecular formula is C29H37FN7O3S+. The summed E-state index contributed by atoms with van der Waals surface area (Å²) in [6.07, 6.45) is 7.02. The number of allylic oxidation sites excluding steroid dienone is 4. The molecule has 2 aromatic rings. The highest BCUT2D eigenvalue weighted by Gasteiger charge is 2.27. The molecule has 1 aliphatic carbocycles. The van der Waals surface area contributed by atoms with Crippen LogP contribution in [-0.2, 0) is 9.52 Å². The number of nitrogens with one attached hydrogen (secondary N) is 3. The van der Waals surface area contributed by atoms with Gasteiger partial charge in [-0.2, -0.15) is 4.98 Å². The van der Waals surface area contributed by atoms with Crippen LogP contribution in [0, 0.1) is 5.41 Å². The number of ether oxygens (including phenoxy) is 1. The van der Waals surface area contributed by atoms with Crippen LogP contribution in [0.2, 0.25) is 0 Å². The van der Waals surface area contributed by atoms with E-state index in [2.05, 4.69) is 40.2 Å². The summed E-state index contributed by atoms with van der Waals surface area (Å²) >= 11 is 0. The largest absolute Gasteiger partial charge is 0.460 e. The molecule has 0 bridgehead atoms. The fourth-order valence-electron chi connectivity index (χ4n) is 5.54. The minimum absolute atomic E-state index is 0.146. The van der Waals surface area contributed by atoms with Gasteiger partial charge in [-0.15, -0.1) is 0 Å². The Morgan fingerprint density at radius 1 is 1.27 bits per heavy atom. The lowest BCUT2D eigenvalue weighted by Crippen LogP contribution is -2.73. The second-order valence-corrected chi connectivity index (χ2v) is 13.7. The van der Waals surface area contributed by atoms with Crippen molar-refractivity contribution in [1.82, 2.24) is 20.6 Å². The number of amides is 1. The van der Waals surface area contributed by atoms with E-state index in [1.54, 1.807) is 36.9 Å². The van der Waals surface area contributed by atoms with Gasteiger partial charge in [0.15, 0.2) is 5.83 Å². The molecule has 1 aromatic carbocycles. The molecule has 10 nitrogen and oxygen atoms in total. The number of carbonyl (C=O) groups is 1. The Morgan fingerprint density at radius 2 is 1.98 bits per heavy atom. The fourth-order valence-corrected chi connectivity index (χ4v) is 7.13. The molecule has 2 fully saturated rings. The molecule has 1 unspecified atom stereocenters. The highest BCUT2D eigenvalue weighted by molar-refractivity contribution is 8.00. The lowest BCUT2D eigenvalue weighted by molar-refractivity contribution is -0.556. The first-order valence-electron chi connectivity index (χ1n) is 13.8. The zero-order valence-electron chi connectivity index (χ0n) is 23.6. The third kappa shape index (κ3) is 6.50. The van der Waals surface area contributed by atoms with Gasteiger partial charge in [-0.05, 0) is 66.4 Å². The van der Waals surface area contributed by atoms with E-state index in [1.165, 1.54) is 0 Å². The smallest absolute Gasteiger partial charge is 0.317 e. The van der Waals surface area contributed by atoms with Gasteiger partial charge >= 0.3 is 6.01 Å². The average molecular weight is 583 g/mol. The molecule has 2 saturated heterocycles. The monoisotopic (exact) mass is 582 g/mol. The number of aromatic nitrogens is 2. The van der Waals surface area contributed by atoms with E-state index < -0.39 is 21.3 Å². The van der Waals surface area contributed by atoms with E-state index in [4.69, 9.17) is 15.1 Å². The van der Waals surface area contributed by atoms with Crippen LogP contribution in [0.3, 0.4) is 0 Å². The van der Waals surface area contributed by atoms with Crippen LogP contribution in [0.4, 0.5) is 10.1 Å². The standard InChI is InChI=1S/C29H36FN7O3S/c1-17-15-37(16-18(2)34-17)25-6-5-22(28(38)35-20-11-19(13-32-3)26(31)24(30)12-20)27-23(25)14-33-29(36-27)40-21-7-9-41(4,39)10-8-21/h5-6,11-14,17-18,21,31-32,34H,4,7-10,15-16H2,1-3H3,(H,35,38)/p+1/b19-13-,31-26?/t17-,18?,21?,41?/m1/s1. The number of hydrogen-bond acceptors (Lipinski definition) is 8. The van der Waals surface area contributed by atoms with Crippen LogP contribution in [0.5, 0.6) is 6.01 Å². The summed E-state index contributed by atoms with van der Waals surface area (Å²) in [4.78, 5) is 25.1. The number of halogens is 1. The Hall–Kier alpha value is -3.61. The fraction of sp³-hybridized carbons (Fsp3) is 0.414. The normalized spacial score (nSPS) is 27.9. The Morgan fingerprint density at radius 3 is 2.66 bits per heavy atom. The van der Waals surface area contributed by atoms with E-state index >= 15 is 0 Å². The van der Waals surface area contributed by atoms with Gasteiger partial charge in [-0.3, -0.25) is 14.4 Å². The van der Waals surface area contributed by atoms with Crippen molar-refractivity contribution < 1.29 is 23.4 Å². The molecule has 0 radical (unpaired) electrons. The predicted molar refractivity (Wildman–Crippen MR) is 161 cm³/mol. The Bertz CT molecular complexity index is 1560. The summed E-state index contributed by atoms with van der Waals surface area (Å²) in [5.41, 5.74) is 2.00. The number of carbonyl (C=O) groups excluding carboxylic acids is 1. The second kappa shape index (κ2) is 11.7. The van der Waals surface area contributed by atoms with Crippen molar-refractivity contribution >= 4 is 43.6 Å². The molecule has 1 amide bonds. The van der Waals surface area contributed by atoms with Crippen molar-refractivity contribution in [2.75, 3.05) is 36.5 Å². The Labute approximate surface area is 239 Å². The lowest BCUT2D eigenvalue weighted by Gasteiger charge is -2.38. The first kappa shape index (κ1) is 28.9. The number of piperazine rings is 1. The van der Waals surface area contributed by atoms with Crippen LogP contribution in [-0.4, -0.2) is 81.5 Å². The van der Waals surface area contributed by atoms with Crippen molar-refractivity contribution in [2.24, 2.45) is 0 Å². The number of fused-ring (bicyclic) bond motifs is 1. The van der Waals surface area contributed by atoms with Gasteiger partial charge in [-0.25, -0.2) is 9.37 Å². The minimum Gasteiger partial charge on any atom is -0.460 e. The third-order valence-corrected chi connectivity index (χ3v) is 9.43. The minimum atomic E-state index is -2.06. The van der Waals surface area contributed by atoms with Crippen LogP contribution in [0.25, 0.3) is 10.9 Å². The number of nitrogens with two attached hydrogens (primary N) is 1. The Kier molecular flexibility index (Phi) is 8.25. The third-order valence-electron chi connectivity index (χ3n) is 7.47. The van der Waals surface area contributed by atoms with E-state index in [1.807, 2.05) is 6.07 Å². The van der Waals surface area contributed by atoms with Gasteiger partial charge in [0.2, 0.25) is 0 Å². The zero-order chi connectivity index (χ0) is 29.3. The van der Waals surface area contributed by atoms with Crippen molar-refractivity contribution in [2.45, 2.75) is 44.9 Å². The van der Waals surface area contributed by atoms with Crippen LogP contribution >= 0.6 is 0 Å². The molecule has 0 spiro atoms. The van der Waals surface area contributed by atoms with Crippen LogP contribution in [0.1, 0.15) is 37.0 Å². The molecule has 5 rings (SSSR count). The maximum atomic E-state index is 14.5. The first-order chi connectivity index (χ1) is 19.5. The molecular weight excluding hydrogens is 545 g/mol. The van der Waals surface area contributed by atoms with Gasteiger partial charge in [0.05, 0.1) is 23.7 Å². The number of anilines is 1. The summed E-state index contributed by atoms with van der Waals surface area (Å²) in [7, 11) is -0.279. The van der Waals surface area contributed by atoms with E-state index in [9.17, 15) is 13.4 Å². The van der Waals surface area contributed by atoms with Gasteiger partial charge in [0.25, 0.3) is 5.91 Å². The summed E-state index contributed by atoms with van der Waals surface area (Å²) < 4.78 is 32.9. The van der Waals surface area contributed by atoms with Crippen molar-refractivity contribution in [3.8, 4) is 6.01 Å². The predicted octanol–water partition coefficient (Wildman–Crippen LogP) is 1.65. The Balaban J connectivity index is 1.51. The highest BCUT2D eigenvalue weighted by atomic mass is 32.2. The maximum Gasteiger partial charge on any atom is 0.317 e. The lowest BCUT2D eigenvalue weighted by atomic mass is 10.0. The van der Waals surface area contributed by atoms with E-state index in [-0.39, 0.29) is 35.6 Å². The van der Waals surface area contributed by atoms with Gasteiger partial charge < -0.3 is 25.6 Å². The first-order valence-corrected chi connectivity index (χ1v) is 15.9. The number of rotatable bonds is 6. The molecule has 3 heterocycles. The molecule has 12 heteroatoms. The van der Waals surface area contributed by atoms with Crippen LogP contribution < -0.4 is 25.6 Å². The summed E-state index contributed by atoms with van der Waals surface area (Å²) in [6.45, 7) is 5.82. The molecule has 218 valence electrons. The molecule has 2 aliphatic heterocycles. The quantitative estimate of drug-likeness (QED) is 0.380. The SMILES string of the molecule is C=S1(=O)CCC(Oc2ncc3c(N4CC(C)N[C@H](C)C4)ccc(C(=O)NC4=C/C(=C/[NH2+]C)C(=N)C(F)=C4)c3n2)CC1. The van der Waals surface area contributed by atoms with Gasteiger partial charge in [-0.1, -0.05) is 0 Å². The molecule has 2 atom stereocenters. The molecule has 5 N–H and O–H groups in total. The average Bonchev–Trinajstić information content (AvgIpc) is 2.91. The maximum absolute atomic E-state index is 14.5. The number of nitrogens with zero attached hydrogens (tertiary/aromatic N) is 3. The van der Waals surface area contributed by atoms with Crippen molar-refractivity contribution in [3.05, 3.63) is 59.3 Å². The van der Waals surface area contributed by atoms with Gasteiger partial charge in [0.1, 0.15) is 18.0 Å². The highest BCUT2D eigenvalue weighted by Crippen LogP contribution is 2.31. The second-order valence-electron chi connectivity index (χ2n) is 11.0. The molecule has 1 aromatic heterocycles. The van der Waals surface area contributed by atoms with Gasteiger partial charge in [0, 0.05) is 59.6 Å². The van der Waals surface area contributed by atoms with Crippen molar-refractivity contribution in [1.29, 1.82) is 5.41 Å². The summed E-state index contributed by atoms with van der Waals surface area (Å²) in [6, 6.07) is 4.32.